The predicted molar refractivity (Wildman–Crippen MR) is 150 cm³/mol. The van der Waals surface area contributed by atoms with Crippen molar-refractivity contribution in [1.82, 2.24) is 0 Å². The van der Waals surface area contributed by atoms with Crippen LogP contribution in [0.15, 0.2) is 39.9 Å². The van der Waals surface area contributed by atoms with Crippen molar-refractivity contribution >= 4 is 17.7 Å². The maximum absolute atomic E-state index is 13.0. The maximum atomic E-state index is 13.0. The summed E-state index contributed by atoms with van der Waals surface area (Å²) >= 11 is 0. The van der Waals surface area contributed by atoms with Gasteiger partial charge in [-0.15, -0.1) is 0 Å². The first-order valence-corrected chi connectivity index (χ1v) is 14.8. The molecule has 1 N–H and O–H groups in total. The van der Waals surface area contributed by atoms with Gasteiger partial charge in [0, 0.05) is 5.41 Å². The van der Waals surface area contributed by atoms with Crippen LogP contribution >= 0.6 is 0 Å². The normalized spacial score (nSPS) is 48.4. The van der Waals surface area contributed by atoms with E-state index in [-0.39, 0.29) is 46.8 Å². The van der Waals surface area contributed by atoms with Crippen molar-refractivity contribution in [2.45, 2.75) is 92.6 Å². The Morgan fingerprint density at radius 2 is 1.74 bits per heavy atom. The molecule has 212 valence electrons. The van der Waals surface area contributed by atoms with Gasteiger partial charge in [0.05, 0.1) is 30.3 Å². The second-order valence-corrected chi connectivity index (χ2v) is 14.9. The van der Waals surface area contributed by atoms with Crippen LogP contribution in [0.2, 0.25) is 0 Å². The molecule has 6 rings (SSSR count). The Bertz CT molecular complexity index is 1280. The molecule has 3 fully saturated rings. The molecule has 0 bridgehead atoms. The molecule has 0 spiro atoms. The predicted octanol–water partition coefficient (Wildman–Crippen LogP) is 5.75. The minimum atomic E-state index is -0.734. The van der Waals surface area contributed by atoms with Crippen molar-refractivity contribution in [2.75, 3.05) is 20.3 Å². The SMILES string of the molecule is COC(=O)[C@]1(C)CC[C@]2(C)CC[C@]3(C)C4=CC=C5C(=CC6=NCC(=O)OC6[C@@]5(C)CO)[C@]4(C)CC[C@@]3(C)[C@@H]2C1. The molecule has 5 aliphatic carbocycles. The van der Waals surface area contributed by atoms with Gasteiger partial charge >= 0.3 is 11.9 Å². The standard InChI is InChI=1S/C33H45NO5/c1-28-10-11-29(2,27(37)38-7)17-24(28)33(6)15-13-30(3)21-16-22-26(39-25(36)18-34-22)31(4,19-35)20(21)8-9-23(30)32(33,5)14-12-28/h8-9,16,24,26,35H,10-15,17-19H2,1-7H3/t24-,26?,28-,29-,30+,31+,32-,33+/m1/s1. The fourth-order valence-electron chi connectivity index (χ4n) is 10.1. The summed E-state index contributed by atoms with van der Waals surface area (Å²) in [5, 5.41) is 10.7. The number of esters is 2. The third-order valence-electron chi connectivity index (χ3n) is 13.0. The summed E-state index contributed by atoms with van der Waals surface area (Å²) in [6, 6.07) is 0. The zero-order valence-electron chi connectivity index (χ0n) is 24.8. The summed E-state index contributed by atoms with van der Waals surface area (Å²) in [6.45, 7) is 13.9. The third kappa shape index (κ3) is 3.27. The molecule has 6 heteroatoms. The number of methoxy groups -OCH3 is 1. The molecule has 0 aromatic rings. The summed E-state index contributed by atoms with van der Waals surface area (Å²) in [5.41, 5.74) is 3.41. The lowest BCUT2D eigenvalue weighted by atomic mass is 9.34. The van der Waals surface area contributed by atoms with Crippen molar-refractivity contribution in [3.63, 3.8) is 0 Å². The molecule has 1 heterocycles. The van der Waals surface area contributed by atoms with E-state index in [9.17, 15) is 14.7 Å². The summed E-state index contributed by atoms with van der Waals surface area (Å²) < 4.78 is 11.1. The number of carbonyl (C=O) groups is 2. The molecule has 39 heavy (non-hydrogen) atoms. The van der Waals surface area contributed by atoms with Gasteiger partial charge in [-0.25, -0.2) is 0 Å². The van der Waals surface area contributed by atoms with Gasteiger partial charge in [-0.1, -0.05) is 45.4 Å². The third-order valence-corrected chi connectivity index (χ3v) is 13.0. The number of ether oxygens (including phenoxy) is 2. The first-order valence-electron chi connectivity index (χ1n) is 14.8. The molecule has 0 aromatic heterocycles. The van der Waals surface area contributed by atoms with Crippen LogP contribution in [0.25, 0.3) is 0 Å². The van der Waals surface area contributed by atoms with Gasteiger partial charge in [0.2, 0.25) is 0 Å². The highest BCUT2D eigenvalue weighted by atomic mass is 16.5. The molecule has 0 aromatic carbocycles. The van der Waals surface area contributed by atoms with Crippen LogP contribution in [0.1, 0.15) is 86.5 Å². The Morgan fingerprint density at radius 3 is 2.44 bits per heavy atom. The van der Waals surface area contributed by atoms with Crippen LogP contribution in [0.3, 0.4) is 0 Å². The summed E-state index contributed by atoms with van der Waals surface area (Å²) in [6.07, 6.45) is 13.3. The number of carbonyl (C=O) groups excluding carboxylic acids is 2. The first-order chi connectivity index (χ1) is 18.2. The molecule has 0 radical (unpaired) electrons. The number of rotatable bonds is 2. The van der Waals surface area contributed by atoms with Crippen LogP contribution in [0, 0.1) is 38.4 Å². The number of hydrogen-bond donors (Lipinski definition) is 1. The lowest BCUT2D eigenvalue weighted by Crippen LogP contribution is -2.62. The van der Waals surface area contributed by atoms with E-state index in [1.165, 1.54) is 18.3 Å². The average molecular weight is 536 g/mol. The molecule has 3 saturated carbocycles. The van der Waals surface area contributed by atoms with E-state index in [1.54, 1.807) is 0 Å². The number of aliphatic imine (C=N–C) groups is 1. The van der Waals surface area contributed by atoms with Gasteiger partial charge < -0.3 is 14.6 Å². The van der Waals surface area contributed by atoms with Crippen LogP contribution in [0.4, 0.5) is 0 Å². The van der Waals surface area contributed by atoms with Crippen molar-refractivity contribution in [3.8, 4) is 0 Å². The smallest absolute Gasteiger partial charge is 0.328 e. The van der Waals surface area contributed by atoms with Gasteiger partial charge in [-0.05, 0) is 98.2 Å². The van der Waals surface area contributed by atoms with E-state index in [0.29, 0.717) is 5.92 Å². The number of hydrogen-bond acceptors (Lipinski definition) is 6. The molecule has 0 amide bonds. The Balaban J connectivity index is 1.47. The van der Waals surface area contributed by atoms with Gasteiger partial charge in [0.1, 0.15) is 6.54 Å². The topological polar surface area (TPSA) is 85.2 Å². The average Bonchev–Trinajstić information content (AvgIpc) is 2.91. The summed E-state index contributed by atoms with van der Waals surface area (Å²) in [4.78, 5) is 29.7. The fourth-order valence-corrected chi connectivity index (χ4v) is 10.1. The molecular weight excluding hydrogens is 490 g/mol. The second-order valence-electron chi connectivity index (χ2n) is 14.9. The van der Waals surface area contributed by atoms with Crippen molar-refractivity contribution in [1.29, 1.82) is 0 Å². The van der Waals surface area contributed by atoms with E-state index in [0.717, 1.165) is 56.2 Å². The van der Waals surface area contributed by atoms with Crippen LogP contribution in [0.5, 0.6) is 0 Å². The van der Waals surface area contributed by atoms with Crippen LogP contribution in [-0.2, 0) is 19.1 Å². The highest BCUT2D eigenvalue weighted by molar-refractivity contribution is 6.06. The minimum Gasteiger partial charge on any atom is -0.469 e. The van der Waals surface area contributed by atoms with E-state index in [2.05, 4.69) is 57.8 Å². The van der Waals surface area contributed by atoms with E-state index in [1.807, 2.05) is 6.92 Å². The molecule has 1 aliphatic heterocycles. The zero-order valence-corrected chi connectivity index (χ0v) is 24.8. The minimum absolute atomic E-state index is 0.0323. The fraction of sp³-hybridized carbons (Fsp3) is 0.727. The molecular formula is C33H45NO5. The van der Waals surface area contributed by atoms with Crippen LogP contribution < -0.4 is 0 Å². The Morgan fingerprint density at radius 1 is 1.03 bits per heavy atom. The molecule has 6 nitrogen and oxygen atoms in total. The molecule has 0 saturated heterocycles. The largest absolute Gasteiger partial charge is 0.469 e. The monoisotopic (exact) mass is 535 g/mol. The molecule has 6 aliphatic rings. The summed E-state index contributed by atoms with van der Waals surface area (Å²) in [7, 11) is 1.52. The number of fused-ring (bicyclic) bond motifs is 8. The van der Waals surface area contributed by atoms with Gasteiger partial charge in [0.25, 0.3) is 0 Å². The highest BCUT2D eigenvalue weighted by Crippen LogP contribution is 2.76. The van der Waals surface area contributed by atoms with E-state index < -0.39 is 16.9 Å². The van der Waals surface area contributed by atoms with Crippen molar-refractivity contribution in [2.24, 2.45) is 43.4 Å². The quantitative estimate of drug-likeness (QED) is 0.455. The Kier molecular flexibility index (Phi) is 5.66. The van der Waals surface area contributed by atoms with Gasteiger partial charge in [-0.3, -0.25) is 14.6 Å². The maximum Gasteiger partial charge on any atom is 0.328 e. The second kappa shape index (κ2) is 8.18. The number of aliphatic hydroxyl groups is 1. The van der Waals surface area contributed by atoms with Crippen molar-refractivity contribution in [3.05, 3.63) is 34.9 Å². The molecule has 8 atom stereocenters. The Labute approximate surface area is 233 Å². The highest BCUT2D eigenvalue weighted by Gasteiger charge is 2.68. The van der Waals surface area contributed by atoms with Gasteiger partial charge in [-0.2, -0.15) is 0 Å². The van der Waals surface area contributed by atoms with Crippen molar-refractivity contribution < 1.29 is 24.2 Å². The lowest BCUT2D eigenvalue weighted by Gasteiger charge is -2.70. The van der Waals surface area contributed by atoms with Gasteiger partial charge in [0.15, 0.2) is 6.10 Å². The Hall–Kier alpha value is -2.21. The first kappa shape index (κ1) is 27.0. The number of nitrogens with zero attached hydrogens (tertiary/aromatic N) is 1. The van der Waals surface area contributed by atoms with E-state index >= 15 is 0 Å². The lowest BCUT2D eigenvalue weighted by molar-refractivity contribution is -0.180. The summed E-state index contributed by atoms with van der Waals surface area (Å²) in [5.74, 6) is 0.0217. The number of aliphatic hydroxyl groups excluding tert-OH is 1. The van der Waals surface area contributed by atoms with Crippen LogP contribution in [-0.4, -0.2) is 49.1 Å². The zero-order chi connectivity index (χ0) is 28.2. The van der Waals surface area contributed by atoms with E-state index in [4.69, 9.17) is 9.47 Å². The number of allylic oxidation sites excluding steroid dienone is 4. The molecule has 1 unspecified atom stereocenters.